The summed E-state index contributed by atoms with van der Waals surface area (Å²) in [6, 6.07) is 7.45. The van der Waals surface area contributed by atoms with Gasteiger partial charge in [0.05, 0.1) is 5.56 Å². The Kier molecular flexibility index (Phi) is 3.94. The second-order valence-electron chi connectivity index (χ2n) is 6.11. The molecule has 1 aromatic heterocycles. The molecule has 1 aliphatic rings. The Balaban J connectivity index is 1.92. The average Bonchev–Trinajstić information content (AvgIpc) is 3.03. The Labute approximate surface area is 134 Å². The molecule has 0 bridgehead atoms. The van der Waals surface area contributed by atoms with Crippen LogP contribution in [-0.4, -0.2) is 23.5 Å². The number of hydrogen-bond acceptors (Lipinski definition) is 3. The second-order valence-corrected chi connectivity index (χ2v) is 6.11. The summed E-state index contributed by atoms with van der Waals surface area (Å²) in [6.07, 6.45) is 2.92. The van der Waals surface area contributed by atoms with Crippen molar-refractivity contribution in [2.24, 2.45) is 0 Å². The van der Waals surface area contributed by atoms with E-state index in [0.29, 0.717) is 12.5 Å². The van der Waals surface area contributed by atoms with Crippen LogP contribution in [0.5, 0.6) is 0 Å². The zero-order valence-corrected chi connectivity index (χ0v) is 13.2. The molecular weight excluding hydrogens is 294 g/mol. The SMILES string of the molecule is CC(C)c1ccc2c(c1)CCCN2C(=O)c1cc(C(=O)O)co1. The smallest absolute Gasteiger partial charge is 0.338 e. The molecule has 0 saturated carbocycles. The van der Waals surface area contributed by atoms with Gasteiger partial charge in [0, 0.05) is 18.3 Å². The van der Waals surface area contributed by atoms with E-state index < -0.39 is 5.97 Å². The summed E-state index contributed by atoms with van der Waals surface area (Å²) in [5, 5.41) is 8.95. The van der Waals surface area contributed by atoms with Gasteiger partial charge in [0.15, 0.2) is 5.76 Å². The maximum atomic E-state index is 12.7. The first-order valence-electron chi connectivity index (χ1n) is 7.74. The van der Waals surface area contributed by atoms with Gasteiger partial charge in [0.2, 0.25) is 0 Å². The van der Waals surface area contributed by atoms with E-state index in [9.17, 15) is 9.59 Å². The van der Waals surface area contributed by atoms with Gasteiger partial charge in [-0.1, -0.05) is 26.0 Å². The minimum Gasteiger partial charge on any atom is -0.478 e. The lowest BCUT2D eigenvalue weighted by Gasteiger charge is -2.29. The highest BCUT2D eigenvalue weighted by Crippen LogP contribution is 2.31. The molecule has 0 unspecified atom stereocenters. The maximum Gasteiger partial charge on any atom is 0.338 e. The maximum absolute atomic E-state index is 12.7. The number of amides is 1. The number of rotatable bonds is 3. The molecule has 5 heteroatoms. The topological polar surface area (TPSA) is 70.8 Å². The molecule has 1 aromatic carbocycles. The number of aryl methyl sites for hydroxylation is 1. The van der Waals surface area contributed by atoms with Crippen LogP contribution in [0, 0.1) is 0 Å². The summed E-state index contributed by atoms with van der Waals surface area (Å²) >= 11 is 0. The van der Waals surface area contributed by atoms with Crippen molar-refractivity contribution < 1.29 is 19.1 Å². The van der Waals surface area contributed by atoms with E-state index in [4.69, 9.17) is 9.52 Å². The largest absolute Gasteiger partial charge is 0.478 e. The van der Waals surface area contributed by atoms with E-state index in [0.717, 1.165) is 30.4 Å². The zero-order valence-electron chi connectivity index (χ0n) is 13.2. The molecule has 1 amide bonds. The Morgan fingerprint density at radius 1 is 1.26 bits per heavy atom. The van der Waals surface area contributed by atoms with Crippen molar-refractivity contribution in [1.29, 1.82) is 0 Å². The van der Waals surface area contributed by atoms with Crippen LogP contribution < -0.4 is 4.90 Å². The van der Waals surface area contributed by atoms with E-state index in [1.165, 1.54) is 11.6 Å². The van der Waals surface area contributed by atoms with Crippen molar-refractivity contribution in [3.63, 3.8) is 0 Å². The molecule has 0 radical (unpaired) electrons. The molecule has 3 rings (SSSR count). The number of carboxylic acids is 1. The predicted molar refractivity (Wildman–Crippen MR) is 86.2 cm³/mol. The van der Waals surface area contributed by atoms with Gasteiger partial charge < -0.3 is 14.4 Å². The zero-order chi connectivity index (χ0) is 16.6. The third-order valence-electron chi connectivity index (χ3n) is 4.19. The number of carbonyl (C=O) groups is 2. The molecule has 1 N–H and O–H groups in total. The van der Waals surface area contributed by atoms with Crippen molar-refractivity contribution in [2.45, 2.75) is 32.6 Å². The molecule has 5 nitrogen and oxygen atoms in total. The van der Waals surface area contributed by atoms with Crippen molar-refractivity contribution in [3.05, 3.63) is 53.0 Å². The molecule has 2 heterocycles. The quantitative estimate of drug-likeness (QED) is 0.938. The summed E-state index contributed by atoms with van der Waals surface area (Å²) in [4.78, 5) is 25.3. The van der Waals surface area contributed by atoms with Crippen molar-refractivity contribution in [2.75, 3.05) is 11.4 Å². The molecule has 0 aliphatic carbocycles. The highest BCUT2D eigenvalue weighted by Gasteiger charge is 2.26. The number of hydrogen-bond donors (Lipinski definition) is 1. The van der Waals surface area contributed by atoms with Gasteiger partial charge in [-0.05, 0) is 36.0 Å². The van der Waals surface area contributed by atoms with Gasteiger partial charge in [-0.15, -0.1) is 0 Å². The minimum absolute atomic E-state index is 0.0132. The predicted octanol–water partition coefficient (Wildman–Crippen LogP) is 3.69. The van der Waals surface area contributed by atoms with Crippen LogP contribution in [0.25, 0.3) is 0 Å². The summed E-state index contributed by atoms with van der Waals surface area (Å²) in [7, 11) is 0. The summed E-state index contributed by atoms with van der Waals surface area (Å²) < 4.78 is 5.15. The third kappa shape index (κ3) is 2.86. The summed E-state index contributed by atoms with van der Waals surface area (Å²) in [5.74, 6) is -0.901. The van der Waals surface area contributed by atoms with Crippen LogP contribution in [0.4, 0.5) is 5.69 Å². The Hall–Kier alpha value is -2.56. The van der Waals surface area contributed by atoms with Crippen molar-refractivity contribution >= 4 is 17.6 Å². The van der Waals surface area contributed by atoms with E-state index >= 15 is 0 Å². The third-order valence-corrected chi connectivity index (χ3v) is 4.19. The standard InChI is InChI=1S/C18H19NO4/c1-11(2)12-5-6-15-13(8-12)4-3-7-19(15)17(20)16-9-14(10-23-16)18(21)22/h5-6,8-11H,3-4,7H2,1-2H3,(H,21,22). The number of carboxylic acid groups (broad SMARTS) is 1. The second kappa shape index (κ2) is 5.91. The monoisotopic (exact) mass is 313 g/mol. The first kappa shape index (κ1) is 15.3. The number of fused-ring (bicyclic) bond motifs is 1. The summed E-state index contributed by atoms with van der Waals surface area (Å²) in [6.45, 7) is 4.89. The molecule has 0 spiro atoms. The fourth-order valence-corrected chi connectivity index (χ4v) is 2.88. The molecule has 120 valence electrons. The lowest BCUT2D eigenvalue weighted by atomic mass is 9.94. The van der Waals surface area contributed by atoms with Gasteiger partial charge in [-0.3, -0.25) is 4.79 Å². The van der Waals surface area contributed by atoms with Gasteiger partial charge in [-0.2, -0.15) is 0 Å². The van der Waals surface area contributed by atoms with Crippen LogP contribution in [0.15, 0.2) is 34.9 Å². The van der Waals surface area contributed by atoms with Crippen molar-refractivity contribution in [3.8, 4) is 0 Å². The fraction of sp³-hybridized carbons (Fsp3) is 0.333. The molecule has 0 atom stereocenters. The van der Waals surface area contributed by atoms with Crippen LogP contribution in [0.3, 0.4) is 0 Å². The van der Waals surface area contributed by atoms with Crippen LogP contribution >= 0.6 is 0 Å². The number of nitrogens with zero attached hydrogens (tertiary/aromatic N) is 1. The van der Waals surface area contributed by atoms with Gasteiger partial charge in [-0.25, -0.2) is 4.79 Å². The van der Waals surface area contributed by atoms with Crippen LogP contribution in [0.2, 0.25) is 0 Å². The van der Waals surface area contributed by atoms with Gasteiger partial charge in [0.1, 0.15) is 6.26 Å². The van der Waals surface area contributed by atoms with E-state index in [1.807, 2.05) is 12.1 Å². The number of furan rings is 1. The lowest BCUT2D eigenvalue weighted by Crippen LogP contribution is -2.35. The van der Waals surface area contributed by atoms with E-state index in [2.05, 4.69) is 19.9 Å². The fourth-order valence-electron chi connectivity index (χ4n) is 2.88. The molecule has 0 fully saturated rings. The Morgan fingerprint density at radius 2 is 2.04 bits per heavy atom. The molecule has 1 aliphatic heterocycles. The normalized spacial score (nSPS) is 14.0. The highest BCUT2D eigenvalue weighted by atomic mass is 16.4. The summed E-state index contributed by atoms with van der Waals surface area (Å²) in [5.41, 5.74) is 3.28. The van der Waals surface area contributed by atoms with Gasteiger partial charge >= 0.3 is 5.97 Å². The lowest BCUT2D eigenvalue weighted by molar-refractivity contribution is 0.0696. The van der Waals surface area contributed by atoms with Crippen molar-refractivity contribution in [1.82, 2.24) is 0 Å². The molecule has 2 aromatic rings. The Morgan fingerprint density at radius 3 is 2.70 bits per heavy atom. The molecule has 0 saturated heterocycles. The first-order valence-corrected chi connectivity index (χ1v) is 7.74. The number of carbonyl (C=O) groups excluding carboxylic acids is 1. The number of aromatic carboxylic acids is 1. The molecular formula is C18H19NO4. The Bertz CT molecular complexity index is 760. The molecule has 23 heavy (non-hydrogen) atoms. The minimum atomic E-state index is -1.10. The van der Waals surface area contributed by atoms with Crippen LogP contribution in [-0.2, 0) is 6.42 Å². The highest BCUT2D eigenvalue weighted by molar-refractivity contribution is 6.06. The first-order chi connectivity index (χ1) is 11.0. The average molecular weight is 313 g/mol. The number of benzene rings is 1. The van der Waals surface area contributed by atoms with Gasteiger partial charge in [0.25, 0.3) is 5.91 Å². The van der Waals surface area contributed by atoms with E-state index in [1.54, 1.807) is 4.90 Å². The van der Waals surface area contributed by atoms with E-state index in [-0.39, 0.29) is 17.2 Å². The van der Waals surface area contributed by atoms with Crippen LogP contribution in [0.1, 0.15) is 58.2 Å². The number of anilines is 1.